The number of carbonyl (C=O) groups is 1. The Morgan fingerprint density at radius 3 is 1.90 bits per heavy atom. The quantitative estimate of drug-likeness (QED) is 0.140. The van der Waals surface area contributed by atoms with Crippen LogP contribution in [0.3, 0.4) is 0 Å². The van der Waals surface area contributed by atoms with Crippen molar-refractivity contribution in [2.45, 2.75) is 32.5 Å². The Balaban J connectivity index is 1.12. The van der Waals surface area contributed by atoms with Crippen LogP contribution in [0.15, 0.2) is 128 Å². The highest BCUT2D eigenvalue weighted by molar-refractivity contribution is 6.11. The summed E-state index contributed by atoms with van der Waals surface area (Å²) in [7, 11) is 0. The van der Waals surface area contributed by atoms with Gasteiger partial charge in [-0.1, -0.05) is 74.5 Å². The van der Waals surface area contributed by atoms with Crippen LogP contribution in [0.25, 0.3) is 0 Å². The number of hydrogen-bond acceptors (Lipinski definition) is 5. The van der Waals surface area contributed by atoms with Crippen LogP contribution in [0, 0.1) is 5.41 Å². The number of benzene rings is 4. The molecule has 2 N–H and O–H groups in total. The van der Waals surface area contributed by atoms with Crippen molar-refractivity contribution in [2.75, 3.05) is 0 Å². The highest BCUT2D eigenvalue weighted by Crippen LogP contribution is 2.32. The maximum atomic E-state index is 12.3. The van der Waals surface area contributed by atoms with E-state index in [9.17, 15) is 4.79 Å². The fourth-order valence-corrected chi connectivity index (χ4v) is 4.60. The molecule has 0 atom stereocenters. The number of amidine groups is 1. The molecule has 0 bridgehead atoms. The van der Waals surface area contributed by atoms with Crippen molar-refractivity contribution in [2.24, 2.45) is 0 Å². The fourth-order valence-electron chi connectivity index (χ4n) is 4.60. The Kier molecular flexibility index (Phi) is 8.73. The van der Waals surface area contributed by atoms with E-state index in [1.54, 1.807) is 42.6 Å². The van der Waals surface area contributed by atoms with E-state index in [-0.39, 0.29) is 17.2 Å². The second kappa shape index (κ2) is 13.0. The second-order valence-electron chi connectivity index (χ2n) is 10.5. The summed E-state index contributed by atoms with van der Waals surface area (Å²) in [4.78, 5) is 16.2. The number of nitrogens with one attached hydrogen (secondary N) is 2. The minimum Gasteiger partial charge on any atom is -0.489 e. The number of aromatic nitrogens is 1. The molecule has 210 valence electrons. The van der Waals surface area contributed by atoms with E-state index >= 15 is 0 Å². The highest BCUT2D eigenvalue weighted by Gasteiger charge is 2.22. The highest BCUT2D eigenvalue weighted by atomic mass is 16.5. The first-order valence-corrected chi connectivity index (χ1v) is 13.8. The van der Waals surface area contributed by atoms with Gasteiger partial charge < -0.3 is 14.8 Å². The van der Waals surface area contributed by atoms with Crippen molar-refractivity contribution in [1.82, 2.24) is 10.3 Å². The Morgan fingerprint density at radius 1 is 0.714 bits per heavy atom. The lowest BCUT2D eigenvalue weighted by Gasteiger charge is -2.26. The maximum Gasteiger partial charge on any atom is 0.258 e. The molecule has 1 aromatic heterocycles. The van der Waals surface area contributed by atoms with Crippen molar-refractivity contribution < 1.29 is 14.3 Å². The number of ether oxygens (including phenoxy) is 2. The molecule has 0 unspecified atom stereocenters. The Bertz CT molecular complexity index is 1630. The van der Waals surface area contributed by atoms with Crippen LogP contribution in [0.5, 0.6) is 11.5 Å². The van der Waals surface area contributed by atoms with Crippen LogP contribution in [0.1, 0.15) is 52.0 Å². The maximum absolute atomic E-state index is 12.3. The SMILES string of the molecule is CC(C)(c1ccccc1)c1ccc(OCc2cccc(COc3ccc(C(=N)NC(=O)c4cccnc4)cc3)c2)cc1. The molecular weight excluding hydrogens is 522 g/mol. The van der Waals surface area contributed by atoms with E-state index in [1.807, 2.05) is 36.4 Å². The summed E-state index contributed by atoms with van der Waals surface area (Å²) in [5, 5.41) is 10.8. The molecule has 0 spiro atoms. The van der Waals surface area contributed by atoms with Crippen molar-refractivity contribution in [3.63, 3.8) is 0 Å². The van der Waals surface area contributed by atoms with Gasteiger partial charge in [-0.05, 0) is 76.9 Å². The summed E-state index contributed by atoms with van der Waals surface area (Å²) >= 11 is 0. The molecule has 5 aromatic rings. The molecule has 0 saturated carbocycles. The average Bonchev–Trinajstić information content (AvgIpc) is 3.04. The zero-order valence-electron chi connectivity index (χ0n) is 23.7. The largest absolute Gasteiger partial charge is 0.489 e. The van der Waals surface area contributed by atoms with Crippen molar-refractivity contribution >= 4 is 11.7 Å². The van der Waals surface area contributed by atoms with Gasteiger partial charge in [0.15, 0.2) is 0 Å². The molecule has 0 aliphatic rings. The van der Waals surface area contributed by atoms with Crippen molar-refractivity contribution in [3.05, 3.63) is 161 Å². The first-order valence-electron chi connectivity index (χ1n) is 13.8. The molecule has 5 rings (SSSR count). The van der Waals surface area contributed by atoms with Gasteiger partial charge >= 0.3 is 0 Å². The zero-order valence-corrected chi connectivity index (χ0v) is 23.7. The molecule has 6 nitrogen and oxygen atoms in total. The van der Waals surface area contributed by atoms with Gasteiger partial charge in [0.1, 0.15) is 30.5 Å². The second-order valence-corrected chi connectivity index (χ2v) is 10.5. The lowest BCUT2D eigenvalue weighted by atomic mass is 9.78. The standard InChI is InChI=1S/C36H33N3O3/c1-36(2,30-11-4-3-5-12-30)31-15-19-33(20-16-31)42-25-27-9-6-8-26(22-27)24-41-32-17-13-28(14-18-32)34(37)39-35(40)29-10-7-21-38-23-29/h3-23H,24-25H2,1-2H3,(H2,37,39,40). The average molecular weight is 556 g/mol. The van der Waals surface area contributed by atoms with Gasteiger partial charge in [-0.15, -0.1) is 0 Å². The van der Waals surface area contributed by atoms with Crippen LogP contribution in [-0.4, -0.2) is 16.7 Å². The van der Waals surface area contributed by atoms with Gasteiger partial charge in [0.2, 0.25) is 0 Å². The normalized spacial score (nSPS) is 11.0. The first kappa shape index (κ1) is 28.3. The van der Waals surface area contributed by atoms with Gasteiger partial charge in [-0.3, -0.25) is 15.2 Å². The number of carbonyl (C=O) groups excluding carboxylic acids is 1. The van der Waals surface area contributed by atoms with Crippen LogP contribution in [0.2, 0.25) is 0 Å². The molecule has 1 amide bonds. The molecule has 6 heteroatoms. The number of pyridine rings is 1. The van der Waals surface area contributed by atoms with E-state index in [1.165, 1.54) is 17.3 Å². The summed E-state index contributed by atoms with van der Waals surface area (Å²) in [6.45, 7) is 5.31. The van der Waals surface area contributed by atoms with Gasteiger partial charge in [0.05, 0.1) is 5.56 Å². The predicted octanol–water partition coefficient (Wildman–Crippen LogP) is 7.32. The third-order valence-electron chi connectivity index (χ3n) is 7.18. The van der Waals surface area contributed by atoms with E-state index < -0.39 is 0 Å². The van der Waals surface area contributed by atoms with Crippen molar-refractivity contribution in [3.8, 4) is 11.5 Å². The van der Waals surface area contributed by atoms with Crippen LogP contribution >= 0.6 is 0 Å². The van der Waals surface area contributed by atoms with Crippen LogP contribution < -0.4 is 14.8 Å². The third kappa shape index (κ3) is 7.09. The Hall–Kier alpha value is -5.23. The smallest absolute Gasteiger partial charge is 0.258 e. The molecule has 1 heterocycles. The van der Waals surface area contributed by atoms with Crippen LogP contribution in [0.4, 0.5) is 0 Å². The summed E-state index contributed by atoms with van der Waals surface area (Å²) in [5.74, 6) is 1.14. The lowest BCUT2D eigenvalue weighted by molar-refractivity contribution is 0.0976. The summed E-state index contributed by atoms with van der Waals surface area (Å²) < 4.78 is 12.0. The zero-order chi connectivity index (χ0) is 29.4. The number of nitrogens with zero attached hydrogens (tertiary/aromatic N) is 1. The Labute approximate surface area is 246 Å². The van der Waals surface area contributed by atoms with Crippen LogP contribution in [-0.2, 0) is 18.6 Å². The molecule has 0 fully saturated rings. The molecular formula is C36H33N3O3. The fraction of sp³-hybridized carbons (Fsp3) is 0.139. The van der Waals surface area contributed by atoms with E-state index in [0.29, 0.717) is 30.1 Å². The minimum absolute atomic E-state index is 0.0117. The lowest BCUT2D eigenvalue weighted by Crippen LogP contribution is -2.30. The topological polar surface area (TPSA) is 84.3 Å². The Morgan fingerprint density at radius 2 is 1.31 bits per heavy atom. The number of hydrogen-bond donors (Lipinski definition) is 2. The molecule has 0 aliphatic carbocycles. The summed E-state index contributed by atoms with van der Waals surface area (Å²) in [6, 6.07) is 37.4. The number of amides is 1. The third-order valence-corrected chi connectivity index (χ3v) is 7.18. The monoisotopic (exact) mass is 555 g/mol. The van der Waals surface area contributed by atoms with E-state index in [4.69, 9.17) is 14.9 Å². The molecule has 0 aliphatic heterocycles. The molecule has 42 heavy (non-hydrogen) atoms. The predicted molar refractivity (Wildman–Crippen MR) is 165 cm³/mol. The summed E-state index contributed by atoms with van der Waals surface area (Å²) in [5.41, 5.74) is 5.48. The van der Waals surface area contributed by atoms with Gasteiger partial charge in [-0.25, -0.2) is 0 Å². The molecule has 0 radical (unpaired) electrons. The minimum atomic E-state index is -0.374. The first-order chi connectivity index (χ1) is 20.4. The molecule has 0 saturated heterocycles. The van der Waals surface area contributed by atoms with E-state index in [0.717, 1.165) is 16.9 Å². The van der Waals surface area contributed by atoms with E-state index in [2.05, 4.69) is 66.6 Å². The van der Waals surface area contributed by atoms with Gasteiger partial charge in [0.25, 0.3) is 5.91 Å². The van der Waals surface area contributed by atoms with Crippen molar-refractivity contribution in [1.29, 1.82) is 5.41 Å². The number of rotatable bonds is 10. The van der Waals surface area contributed by atoms with Gasteiger partial charge in [0, 0.05) is 23.4 Å². The van der Waals surface area contributed by atoms with Gasteiger partial charge in [-0.2, -0.15) is 0 Å². The summed E-state index contributed by atoms with van der Waals surface area (Å²) in [6.07, 6.45) is 3.06. The molecule has 4 aromatic carbocycles.